The molecule has 7 heteroatoms. The van der Waals surface area contributed by atoms with Crippen molar-refractivity contribution in [2.24, 2.45) is 0 Å². The molecule has 0 aliphatic heterocycles. The van der Waals surface area contributed by atoms with Crippen LogP contribution in [0.2, 0.25) is 0 Å². The third kappa shape index (κ3) is 7.22. The Hall–Kier alpha value is -2.31. The molecule has 6 nitrogen and oxygen atoms in total. The molecule has 0 bridgehead atoms. The van der Waals surface area contributed by atoms with Gasteiger partial charge in [-0.2, -0.15) is 0 Å². The van der Waals surface area contributed by atoms with Crippen molar-refractivity contribution in [1.82, 2.24) is 19.9 Å². The molecule has 1 atom stereocenters. The first-order valence-electron chi connectivity index (χ1n) is 9.83. The van der Waals surface area contributed by atoms with Crippen LogP contribution in [0.5, 0.6) is 0 Å². The fourth-order valence-electron chi connectivity index (χ4n) is 3.39. The molecular formula is C22H26N4O2V. The van der Waals surface area contributed by atoms with Crippen LogP contribution < -0.4 is 0 Å². The number of nitrogens with zero attached hydrogens (tertiary/aromatic N) is 4. The maximum Gasteiger partial charge on any atom is 0.303 e. The second-order valence-corrected chi connectivity index (χ2v) is 7.16. The molecule has 1 radical (unpaired) electrons. The molecule has 3 heterocycles. The molecule has 0 fully saturated rings. The van der Waals surface area contributed by atoms with Gasteiger partial charge in [-0.25, -0.2) is 19.9 Å². The van der Waals surface area contributed by atoms with E-state index in [1.54, 1.807) is 18.6 Å². The van der Waals surface area contributed by atoms with E-state index in [1.807, 2.05) is 19.1 Å². The van der Waals surface area contributed by atoms with E-state index in [0.717, 1.165) is 60.8 Å². The summed E-state index contributed by atoms with van der Waals surface area (Å²) in [5.41, 5.74) is 2.80. The molecule has 0 amide bonds. The first-order valence-corrected chi connectivity index (χ1v) is 9.83. The second kappa shape index (κ2) is 11.6. The van der Waals surface area contributed by atoms with E-state index < -0.39 is 5.97 Å². The van der Waals surface area contributed by atoms with Crippen molar-refractivity contribution < 1.29 is 28.5 Å². The topological polar surface area (TPSA) is 88.9 Å². The maximum absolute atomic E-state index is 11.2. The number of hydrogen-bond donors (Lipinski definition) is 1. The Balaban J connectivity index is 0.00000300. The number of carboxylic acid groups (broad SMARTS) is 1. The average molecular weight is 429 g/mol. The number of carboxylic acids is 1. The van der Waals surface area contributed by atoms with Crippen LogP contribution in [0.25, 0.3) is 11.0 Å². The van der Waals surface area contributed by atoms with Gasteiger partial charge in [0, 0.05) is 48.2 Å². The van der Waals surface area contributed by atoms with E-state index in [4.69, 9.17) is 0 Å². The minimum atomic E-state index is -0.776. The Morgan fingerprint density at radius 2 is 1.79 bits per heavy atom. The number of pyridine rings is 2. The van der Waals surface area contributed by atoms with Gasteiger partial charge < -0.3 is 5.11 Å². The third-order valence-corrected chi connectivity index (χ3v) is 4.95. The van der Waals surface area contributed by atoms with E-state index in [1.165, 1.54) is 0 Å². The zero-order chi connectivity index (χ0) is 19.8. The first kappa shape index (κ1) is 23.0. The summed E-state index contributed by atoms with van der Waals surface area (Å²) in [4.78, 5) is 28.5. The summed E-state index contributed by atoms with van der Waals surface area (Å²) >= 11 is 0. The van der Waals surface area contributed by atoms with Crippen molar-refractivity contribution in [2.45, 2.75) is 57.8 Å². The minimum Gasteiger partial charge on any atom is -0.481 e. The summed E-state index contributed by atoms with van der Waals surface area (Å²) in [6, 6.07) is 8.09. The van der Waals surface area contributed by atoms with Crippen LogP contribution in [-0.2, 0) is 29.8 Å². The van der Waals surface area contributed by atoms with E-state index in [0.29, 0.717) is 5.82 Å². The van der Waals surface area contributed by atoms with Gasteiger partial charge in [0.2, 0.25) is 0 Å². The summed E-state index contributed by atoms with van der Waals surface area (Å²) < 4.78 is 0. The maximum atomic E-state index is 11.2. The predicted molar refractivity (Wildman–Crippen MR) is 108 cm³/mol. The number of fused-ring (bicyclic) bond motifs is 1. The van der Waals surface area contributed by atoms with E-state index in [9.17, 15) is 9.90 Å². The van der Waals surface area contributed by atoms with Crippen LogP contribution in [-0.4, -0.2) is 31.0 Å². The molecule has 1 unspecified atom stereocenters. The molecule has 151 valence electrons. The van der Waals surface area contributed by atoms with Crippen molar-refractivity contribution in [2.75, 3.05) is 0 Å². The number of aryl methyl sites for hydroxylation is 2. The summed E-state index contributed by atoms with van der Waals surface area (Å²) in [5.74, 6) is -0.0942. The van der Waals surface area contributed by atoms with Crippen molar-refractivity contribution in [1.29, 1.82) is 0 Å². The molecule has 3 aromatic heterocycles. The monoisotopic (exact) mass is 429 g/mol. The zero-order valence-electron chi connectivity index (χ0n) is 16.7. The fraction of sp³-hybridized carbons (Fsp3) is 0.409. The summed E-state index contributed by atoms with van der Waals surface area (Å²) in [6.45, 7) is 1.83. The van der Waals surface area contributed by atoms with Gasteiger partial charge in [0.1, 0.15) is 5.82 Å². The number of aliphatic carboxylic acids is 1. The van der Waals surface area contributed by atoms with Gasteiger partial charge in [-0.15, -0.1) is 0 Å². The molecule has 1 N–H and O–H groups in total. The van der Waals surface area contributed by atoms with Gasteiger partial charge in [-0.05, 0) is 61.9 Å². The normalized spacial score (nSPS) is 11.8. The fourth-order valence-corrected chi connectivity index (χ4v) is 3.39. The zero-order valence-corrected chi connectivity index (χ0v) is 18.1. The minimum absolute atomic E-state index is 0. The third-order valence-electron chi connectivity index (χ3n) is 4.95. The Morgan fingerprint density at radius 3 is 2.55 bits per heavy atom. The van der Waals surface area contributed by atoms with E-state index in [2.05, 4.69) is 32.1 Å². The summed E-state index contributed by atoms with van der Waals surface area (Å²) in [5, 5.41) is 10.3. The second-order valence-electron chi connectivity index (χ2n) is 7.16. The van der Waals surface area contributed by atoms with Gasteiger partial charge in [0.15, 0.2) is 5.65 Å². The number of unbranched alkanes of at least 4 members (excludes halogenated alkanes) is 3. The first-order chi connectivity index (χ1) is 13.6. The van der Waals surface area contributed by atoms with Crippen LogP contribution in [0.15, 0.2) is 42.9 Å². The molecular weight excluding hydrogens is 403 g/mol. The Kier molecular flexibility index (Phi) is 9.22. The molecule has 3 aromatic rings. The van der Waals surface area contributed by atoms with Crippen LogP contribution in [0.3, 0.4) is 0 Å². The van der Waals surface area contributed by atoms with Crippen molar-refractivity contribution >= 4 is 17.0 Å². The molecule has 0 aromatic carbocycles. The Bertz CT molecular complexity index is 918. The van der Waals surface area contributed by atoms with Crippen LogP contribution in [0.1, 0.15) is 61.5 Å². The van der Waals surface area contributed by atoms with Gasteiger partial charge in [-0.3, -0.25) is 4.79 Å². The van der Waals surface area contributed by atoms with Crippen molar-refractivity contribution in [3.63, 3.8) is 0 Å². The Morgan fingerprint density at radius 1 is 1.03 bits per heavy atom. The van der Waals surface area contributed by atoms with Crippen LogP contribution in [0.4, 0.5) is 0 Å². The number of aromatic nitrogens is 4. The Labute approximate surface area is 183 Å². The van der Waals surface area contributed by atoms with E-state index in [-0.39, 0.29) is 30.9 Å². The van der Waals surface area contributed by atoms with Crippen molar-refractivity contribution in [3.05, 3.63) is 59.9 Å². The van der Waals surface area contributed by atoms with Gasteiger partial charge in [0.05, 0.1) is 6.42 Å². The predicted octanol–water partition coefficient (Wildman–Crippen LogP) is 4.48. The van der Waals surface area contributed by atoms with Gasteiger partial charge in [0.25, 0.3) is 0 Å². The van der Waals surface area contributed by atoms with Crippen LogP contribution >= 0.6 is 0 Å². The number of rotatable bonds is 10. The van der Waals surface area contributed by atoms with E-state index >= 15 is 0 Å². The van der Waals surface area contributed by atoms with Gasteiger partial charge in [-0.1, -0.05) is 19.3 Å². The molecule has 3 rings (SSSR count). The number of carbonyl (C=O) groups is 1. The smallest absolute Gasteiger partial charge is 0.303 e. The number of hydrogen-bond acceptors (Lipinski definition) is 5. The molecule has 0 spiro atoms. The molecule has 0 saturated carbocycles. The van der Waals surface area contributed by atoms with Gasteiger partial charge >= 0.3 is 5.97 Å². The summed E-state index contributed by atoms with van der Waals surface area (Å²) in [7, 11) is 0. The molecule has 29 heavy (non-hydrogen) atoms. The molecule has 0 saturated heterocycles. The largest absolute Gasteiger partial charge is 0.481 e. The standard InChI is InChI=1S/C22H26N4O2.V/c1-16-24-14-19(15-25-16)18(13-21(27)28)7-4-2-3-5-9-20-11-10-17-8-6-12-23-22(17)26-20;/h6,8,10-12,14-15,18H,2-5,7,9,13H2,1H3,(H,27,28);. The SMILES string of the molecule is Cc1ncc(C(CCCCCCc2ccc3cccnc3n2)CC(=O)O)cn1.[V]. The quantitative estimate of drug-likeness (QED) is 0.478. The van der Waals surface area contributed by atoms with Crippen LogP contribution in [0, 0.1) is 6.92 Å². The summed E-state index contributed by atoms with van der Waals surface area (Å²) in [6.07, 6.45) is 11.5. The molecule has 0 aliphatic rings. The average Bonchev–Trinajstić information content (AvgIpc) is 2.70. The molecule has 0 aliphatic carbocycles. The van der Waals surface area contributed by atoms with Crippen molar-refractivity contribution in [3.8, 4) is 0 Å².